The minimum atomic E-state index is -1.22. The predicted octanol–water partition coefficient (Wildman–Crippen LogP) is 3.99. The van der Waals surface area contributed by atoms with E-state index in [4.69, 9.17) is 39.9 Å². The van der Waals surface area contributed by atoms with Crippen molar-refractivity contribution in [2.75, 3.05) is 5.32 Å². The molecule has 108 valence electrons. The number of anilines is 1. The number of carbonyl (C=O) groups is 2. The number of hydrogen-bond donors (Lipinski definition) is 2. The highest BCUT2D eigenvalue weighted by atomic mass is 35.5. The molecule has 0 radical (unpaired) electrons. The van der Waals surface area contributed by atoms with Gasteiger partial charge in [0, 0.05) is 0 Å². The summed E-state index contributed by atoms with van der Waals surface area (Å²) in [5.41, 5.74) is -0.302. The Kier molecular flexibility index (Phi) is 4.67. The minimum absolute atomic E-state index is 0.0329. The Balaban J connectivity index is 2.41. The standard InChI is InChI=1S/C13H7Cl3N2O3/c14-7-3-1-2-6(13(20)21)10(7)18-12(19)11-8(15)4-5-9(16)17-11/h1-5H,(H,18,19)(H,20,21). The molecule has 0 spiro atoms. The zero-order chi connectivity index (χ0) is 15.6. The summed E-state index contributed by atoms with van der Waals surface area (Å²) in [5.74, 6) is -1.93. The van der Waals surface area contributed by atoms with E-state index in [1.165, 1.54) is 30.3 Å². The van der Waals surface area contributed by atoms with E-state index in [2.05, 4.69) is 10.3 Å². The van der Waals surface area contributed by atoms with Gasteiger partial charge in [0.25, 0.3) is 5.91 Å². The lowest BCUT2D eigenvalue weighted by molar-refractivity contribution is 0.0698. The van der Waals surface area contributed by atoms with E-state index in [-0.39, 0.29) is 32.1 Å². The van der Waals surface area contributed by atoms with Crippen LogP contribution in [-0.4, -0.2) is 22.0 Å². The van der Waals surface area contributed by atoms with Crippen LogP contribution in [0.5, 0.6) is 0 Å². The van der Waals surface area contributed by atoms with Crippen LogP contribution in [0.15, 0.2) is 30.3 Å². The lowest BCUT2D eigenvalue weighted by Gasteiger charge is -2.10. The first-order valence-corrected chi connectivity index (χ1v) is 6.68. The van der Waals surface area contributed by atoms with Crippen LogP contribution in [0.4, 0.5) is 5.69 Å². The van der Waals surface area contributed by atoms with Crippen LogP contribution in [0.25, 0.3) is 0 Å². The second kappa shape index (κ2) is 6.30. The van der Waals surface area contributed by atoms with E-state index < -0.39 is 11.9 Å². The zero-order valence-corrected chi connectivity index (χ0v) is 12.5. The molecule has 0 saturated heterocycles. The third-order valence-electron chi connectivity index (χ3n) is 2.51. The maximum atomic E-state index is 12.1. The van der Waals surface area contributed by atoms with Crippen molar-refractivity contribution < 1.29 is 14.7 Å². The number of aromatic carboxylic acids is 1. The third kappa shape index (κ3) is 3.44. The number of hydrogen-bond acceptors (Lipinski definition) is 3. The molecule has 0 aliphatic carbocycles. The van der Waals surface area contributed by atoms with Gasteiger partial charge in [-0.1, -0.05) is 40.9 Å². The quantitative estimate of drug-likeness (QED) is 0.824. The molecule has 0 unspecified atom stereocenters. The van der Waals surface area contributed by atoms with Gasteiger partial charge >= 0.3 is 5.97 Å². The van der Waals surface area contributed by atoms with Crippen molar-refractivity contribution in [3.8, 4) is 0 Å². The molecule has 2 N–H and O–H groups in total. The van der Waals surface area contributed by atoms with Gasteiger partial charge in [0.15, 0.2) is 0 Å². The molecular weight excluding hydrogens is 339 g/mol. The minimum Gasteiger partial charge on any atom is -0.478 e. The Labute approximate surface area is 134 Å². The number of rotatable bonds is 3. The highest BCUT2D eigenvalue weighted by Gasteiger charge is 2.19. The Hall–Kier alpha value is -1.82. The number of amides is 1. The van der Waals surface area contributed by atoms with Crippen LogP contribution in [0.2, 0.25) is 15.2 Å². The van der Waals surface area contributed by atoms with Crippen LogP contribution in [0, 0.1) is 0 Å². The Bertz CT molecular complexity index is 735. The summed E-state index contributed by atoms with van der Waals surface area (Å²) >= 11 is 17.5. The van der Waals surface area contributed by atoms with E-state index in [9.17, 15) is 9.59 Å². The van der Waals surface area contributed by atoms with Crippen molar-refractivity contribution in [2.45, 2.75) is 0 Å². The van der Waals surface area contributed by atoms with Gasteiger partial charge in [-0.15, -0.1) is 0 Å². The molecule has 0 atom stereocenters. The summed E-state index contributed by atoms with van der Waals surface area (Å²) in [6.07, 6.45) is 0. The van der Waals surface area contributed by atoms with E-state index in [0.717, 1.165) is 0 Å². The van der Waals surface area contributed by atoms with Crippen molar-refractivity contribution in [3.63, 3.8) is 0 Å². The predicted molar refractivity (Wildman–Crippen MR) is 80.6 cm³/mol. The van der Waals surface area contributed by atoms with Crippen LogP contribution in [0.1, 0.15) is 20.8 Å². The van der Waals surface area contributed by atoms with E-state index in [1.54, 1.807) is 0 Å². The first-order valence-electron chi connectivity index (χ1n) is 5.55. The SMILES string of the molecule is O=C(O)c1cccc(Cl)c1NC(=O)c1nc(Cl)ccc1Cl. The number of pyridine rings is 1. The number of nitrogens with zero attached hydrogens (tertiary/aromatic N) is 1. The molecule has 1 amide bonds. The van der Waals surface area contributed by atoms with Crippen LogP contribution < -0.4 is 5.32 Å². The monoisotopic (exact) mass is 344 g/mol. The normalized spacial score (nSPS) is 10.2. The average molecular weight is 346 g/mol. The number of carbonyl (C=O) groups excluding carboxylic acids is 1. The smallest absolute Gasteiger partial charge is 0.337 e. The summed E-state index contributed by atoms with van der Waals surface area (Å²) in [7, 11) is 0. The second-order valence-corrected chi connectivity index (χ2v) is 5.09. The first kappa shape index (κ1) is 15.6. The van der Waals surface area contributed by atoms with Gasteiger partial charge in [-0.05, 0) is 24.3 Å². The maximum absolute atomic E-state index is 12.1. The molecule has 1 aromatic carbocycles. The van der Waals surface area contributed by atoms with Gasteiger partial charge in [0.05, 0.1) is 21.3 Å². The van der Waals surface area contributed by atoms with E-state index in [1.807, 2.05) is 0 Å². The Morgan fingerprint density at radius 3 is 2.43 bits per heavy atom. The van der Waals surface area contributed by atoms with Crippen molar-refractivity contribution in [3.05, 3.63) is 56.8 Å². The lowest BCUT2D eigenvalue weighted by Crippen LogP contribution is -2.17. The molecule has 1 aromatic heterocycles. The number of benzene rings is 1. The average Bonchev–Trinajstić information content (AvgIpc) is 2.43. The van der Waals surface area contributed by atoms with Gasteiger partial charge in [0.2, 0.25) is 0 Å². The van der Waals surface area contributed by atoms with Crippen molar-refractivity contribution in [1.29, 1.82) is 0 Å². The van der Waals surface area contributed by atoms with Gasteiger partial charge in [-0.2, -0.15) is 0 Å². The fourth-order valence-corrected chi connectivity index (χ4v) is 2.14. The van der Waals surface area contributed by atoms with Gasteiger partial charge in [-0.25, -0.2) is 9.78 Å². The number of aromatic nitrogens is 1. The molecule has 0 aliphatic rings. The summed E-state index contributed by atoms with van der Waals surface area (Å²) < 4.78 is 0. The number of halogens is 3. The molecule has 2 aromatic rings. The summed E-state index contributed by atoms with van der Waals surface area (Å²) in [6, 6.07) is 7.08. The van der Waals surface area contributed by atoms with Crippen molar-refractivity contribution in [1.82, 2.24) is 4.98 Å². The first-order chi connectivity index (χ1) is 9.90. The summed E-state index contributed by atoms with van der Waals surface area (Å²) in [6.45, 7) is 0. The number of carboxylic acid groups (broad SMARTS) is 1. The number of para-hydroxylation sites is 1. The molecular formula is C13H7Cl3N2O3. The van der Waals surface area contributed by atoms with Gasteiger partial charge < -0.3 is 10.4 Å². The van der Waals surface area contributed by atoms with E-state index >= 15 is 0 Å². The molecule has 21 heavy (non-hydrogen) atoms. The highest BCUT2D eigenvalue weighted by molar-refractivity contribution is 6.37. The molecule has 0 saturated carbocycles. The van der Waals surface area contributed by atoms with Crippen LogP contribution in [0.3, 0.4) is 0 Å². The summed E-state index contributed by atoms with van der Waals surface area (Å²) in [5, 5.41) is 11.7. The van der Waals surface area contributed by atoms with Gasteiger partial charge in [-0.3, -0.25) is 4.79 Å². The Morgan fingerprint density at radius 1 is 1.05 bits per heavy atom. The third-order valence-corrected chi connectivity index (χ3v) is 3.34. The maximum Gasteiger partial charge on any atom is 0.337 e. The second-order valence-electron chi connectivity index (χ2n) is 3.89. The molecule has 1 heterocycles. The highest BCUT2D eigenvalue weighted by Crippen LogP contribution is 2.27. The molecule has 0 bridgehead atoms. The van der Waals surface area contributed by atoms with Crippen molar-refractivity contribution in [2.24, 2.45) is 0 Å². The number of nitrogens with one attached hydrogen (secondary N) is 1. The van der Waals surface area contributed by atoms with Crippen LogP contribution >= 0.6 is 34.8 Å². The zero-order valence-electron chi connectivity index (χ0n) is 10.2. The van der Waals surface area contributed by atoms with Crippen molar-refractivity contribution >= 4 is 52.4 Å². The Morgan fingerprint density at radius 2 is 1.76 bits per heavy atom. The fourth-order valence-electron chi connectivity index (χ4n) is 1.58. The molecule has 8 heteroatoms. The lowest BCUT2D eigenvalue weighted by atomic mass is 10.1. The molecule has 2 rings (SSSR count). The topological polar surface area (TPSA) is 79.3 Å². The van der Waals surface area contributed by atoms with Gasteiger partial charge in [0.1, 0.15) is 10.8 Å². The van der Waals surface area contributed by atoms with E-state index in [0.29, 0.717) is 0 Å². The molecule has 0 aliphatic heterocycles. The summed E-state index contributed by atoms with van der Waals surface area (Å²) in [4.78, 5) is 27.1. The number of carboxylic acids is 1. The molecule has 5 nitrogen and oxygen atoms in total. The fraction of sp³-hybridized carbons (Fsp3) is 0. The largest absolute Gasteiger partial charge is 0.478 e. The van der Waals surface area contributed by atoms with Crippen LogP contribution in [-0.2, 0) is 0 Å². The molecule has 0 fully saturated rings.